The highest BCUT2D eigenvalue weighted by atomic mass is 16.5. The fourth-order valence-electron chi connectivity index (χ4n) is 3.89. The molecule has 4 nitrogen and oxygen atoms in total. The Bertz CT molecular complexity index is 947. The maximum absolute atomic E-state index is 12.4. The molecule has 1 heterocycles. The third-order valence-electron chi connectivity index (χ3n) is 5.50. The van der Waals surface area contributed by atoms with Gasteiger partial charge in [0.05, 0.1) is 6.10 Å². The van der Waals surface area contributed by atoms with Crippen LogP contribution in [0.5, 0.6) is 0 Å². The normalized spacial score (nSPS) is 16.5. The second-order valence-corrected chi connectivity index (χ2v) is 7.33. The second kappa shape index (κ2) is 8.44. The zero-order valence-electron chi connectivity index (χ0n) is 16.2. The van der Waals surface area contributed by atoms with Gasteiger partial charge < -0.3 is 15.0 Å². The van der Waals surface area contributed by atoms with E-state index in [1.165, 1.54) is 22.0 Å². The molecule has 1 amide bonds. The van der Waals surface area contributed by atoms with Crippen molar-refractivity contribution in [2.45, 2.75) is 25.4 Å². The number of hydrogen-bond donors (Lipinski definition) is 1. The van der Waals surface area contributed by atoms with E-state index in [-0.39, 0.29) is 5.91 Å². The van der Waals surface area contributed by atoms with E-state index in [0.29, 0.717) is 12.5 Å². The average molecular weight is 374 g/mol. The van der Waals surface area contributed by atoms with Crippen LogP contribution in [0, 0.1) is 0 Å². The number of fused-ring (bicyclic) bond motifs is 1. The Labute approximate surface area is 166 Å². The van der Waals surface area contributed by atoms with E-state index in [4.69, 9.17) is 4.74 Å². The first kappa shape index (κ1) is 18.5. The van der Waals surface area contributed by atoms with Gasteiger partial charge in [-0.3, -0.25) is 4.79 Å². The molecule has 1 aliphatic heterocycles. The van der Waals surface area contributed by atoms with Crippen molar-refractivity contribution in [3.8, 4) is 0 Å². The number of carbonyl (C=O) groups excluding carboxylic acids is 1. The number of carbonyl (C=O) groups is 1. The maximum atomic E-state index is 12.4. The van der Waals surface area contributed by atoms with Crippen molar-refractivity contribution in [2.75, 3.05) is 30.4 Å². The zero-order valence-corrected chi connectivity index (χ0v) is 16.2. The molecule has 0 bridgehead atoms. The standard InChI is InChI=1S/C24H26N2O2/c1-28-22-15-16-26(17-22)21-12-10-20(11-13-21)25-24(27)14-9-19-7-4-6-18-5-2-3-8-23(18)19/h2-8,10-13,22H,9,14-17H2,1H3,(H,25,27). The number of anilines is 2. The topological polar surface area (TPSA) is 41.6 Å². The summed E-state index contributed by atoms with van der Waals surface area (Å²) in [6.45, 7) is 1.93. The molecule has 1 fully saturated rings. The lowest BCUT2D eigenvalue weighted by atomic mass is 10.0. The fourth-order valence-corrected chi connectivity index (χ4v) is 3.89. The van der Waals surface area contributed by atoms with Crippen molar-refractivity contribution >= 4 is 28.1 Å². The molecule has 0 spiro atoms. The van der Waals surface area contributed by atoms with E-state index < -0.39 is 0 Å². The quantitative estimate of drug-likeness (QED) is 0.684. The summed E-state index contributed by atoms with van der Waals surface area (Å²) in [4.78, 5) is 14.7. The first-order chi connectivity index (χ1) is 13.7. The molecule has 1 saturated heterocycles. The van der Waals surface area contributed by atoms with Crippen molar-refractivity contribution in [3.63, 3.8) is 0 Å². The van der Waals surface area contributed by atoms with Crippen LogP contribution in [0.2, 0.25) is 0 Å². The Morgan fingerprint density at radius 1 is 1.07 bits per heavy atom. The molecule has 1 N–H and O–H groups in total. The monoisotopic (exact) mass is 374 g/mol. The SMILES string of the molecule is COC1CCN(c2ccc(NC(=O)CCc3cccc4ccccc34)cc2)C1. The lowest BCUT2D eigenvalue weighted by molar-refractivity contribution is -0.116. The van der Waals surface area contributed by atoms with Gasteiger partial charge >= 0.3 is 0 Å². The maximum Gasteiger partial charge on any atom is 0.224 e. The summed E-state index contributed by atoms with van der Waals surface area (Å²) in [7, 11) is 1.77. The van der Waals surface area contributed by atoms with Crippen LogP contribution >= 0.6 is 0 Å². The van der Waals surface area contributed by atoms with E-state index in [0.717, 1.165) is 31.6 Å². The van der Waals surface area contributed by atoms with Crippen molar-refractivity contribution in [1.82, 2.24) is 0 Å². The van der Waals surface area contributed by atoms with Gasteiger partial charge in [-0.25, -0.2) is 0 Å². The zero-order chi connectivity index (χ0) is 19.3. The number of aryl methyl sites for hydroxylation is 1. The molecule has 1 aliphatic rings. The van der Waals surface area contributed by atoms with Gasteiger partial charge in [-0.1, -0.05) is 42.5 Å². The highest BCUT2D eigenvalue weighted by molar-refractivity contribution is 5.92. The largest absolute Gasteiger partial charge is 0.380 e. The van der Waals surface area contributed by atoms with Crippen molar-refractivity contribution in [3.05, 3.63) is 72.3 Å². The van der Waals surface area contributed by atoms with Crippen LogP contribution in [0.15, 0.2) is 66.7 Å². The predicted octanol–water partition coefficient (Wildman–Crippen LogP) is 4.64. The van der Waals surface area contributed by atoms with E-state index >= 15 is 0 Å². The van der Waals surface area contributed by atoms with Crippen LogP contribution < -0.4 is 10.2 Å². The lowest BCUT2D eigenvalue weighted by Gasteiger charge is -2.18. The first-order valence-electron chi connectivity index (χ1n) is 9.87. The minimum Gasteiger partial charge on any atom is -0.380 e. The first-order valence-corrected chi connectivity index (χ1v) is 9.87. The third-order valence-corrected chi connectivity index (χ3v) is 5.50. The van der Waals surface area contributed by atoms with Gasteiger partial charge in [0.25, 0.3) is 0 Å². The van der Waals surface area contributed by atoms with Crippen molar-refractivity contribution in [1.29, 1.82) is 0 Å². The highest BCUT2D eigenvalue weighted by Crippen LogP contribution is 2.24. The summed E-state index contributed by atoms with van der Waals surface area (Å²) in [5, 5.41) is 5.46. The molecule has 4 heteroatoms. The number of benzene rings is 3. The minimum absolute atomic E-state index is 0.0429. The highest BCUT2D eigenvalue weighted by Gasteiger charge is 2.22. The van der Waals surface area contributed by atoms with E-state index in [1.54, 1.807) is 7.11 Å². The van der Waals surface area contributed by atoms with E-state index in [9.17, 15) is 4.79 Å². The summed E-state index contributed by atoms with van der Waals surface area (Å²) in [5.41, 5.74) is 3.23. The molecule has 28 heavy (non-hydrogen) atoms. The van der Waals surface area contributed by atoms with Crippen LogP contribution in [0.3, 0.4) is 0 Å². The molecule has 144 valence electrons. The number of amides is 1. The molecular formula is C24H26N2O2. The molecule has 0 aliphatic carbocycles. The molecule has 4 rings (SSSR count). The molecule has 1 unspecified atom stereocenters. The smallest absolute Gasteiger partial charge is 0.224 e. The van der Waals surface area contributed by atoms with E-state index in [1.807, 2.05) is 24.3 Å². The van der Waals surface area contributed by atoms with Crippen LogP contribution in [0.25, 0.3) is 10.8 Å². The summed E-state index contributed by atoms with van der Waals surface area (Å²) < 4.78 is 5.43. The summed E-state index contributed by atoms with van der Waals surface area (Å²) in [5.74, 6) is 0.0429. The van der Waals surface area contributed by atoms with Crippen LogP contribution in [-0.2, 0) is 16.0 Å². The van der Waals surface area contributed by atoms with Crippen LogP contribution in [-0.4, -0.2) is 32.2 Å². The van der Waals surface area contributed by atoms with E-state index in [2.05, 4.69) is 52.7 Å². The summed E-state index contributed by atoms with van der Waals surface area (Å²) in [6.07, 6.45) is 2.58. The van der Waals surface area contributed by atoms with Crippen LogP contribution in [0.4, 0.5) is 11.4 Å². The predicted molar refractivity (Wildman–Crippen MR) is 115 cm³/mol. The van der Waals surface area contributed by atoms with Gasteiger partial charge in [0.2, 0.25) is 5.91 Å². The molecule has 0 saturated carbocycles. The van der Waals surface area contributed by atoms with Crippen molar-refractivity contribution < 1.29 is 9.53 Å². The number of nitrogens with one attached hydrogen (secondary N) is 1. The Balaban J connectivity index is 1.34. The second-order valence-electron chi connectivity index (χ2n) is 7.33. The number of ether oxygens (including phenoxy) is 1. The molecule has 3 aromatic carbocycles. The molecule has 1 atom stereocenters. The van der Waals surface area contributed by atoms with Gasteiger partial charge in [0, 0.05) is 38.0 Å². The summed E-state index contributed by atoms with van der Waals surface area (Å²) >= 11 is 0. The number of methoxy groups -OCH3 is 1. The molecule has 0 radical (unpaired) electrons. The third kappa shape index (κ3) is 4.18. The van der Waals surface area contributed by atoms with Gasteiger partial charge in [0.1, 0.15) is 0 Å². The Hall–Kier alpha value is -2.85. The number of nitrogens with zero attached hydrogens (tertiary/aromatic N) is 1. The lowest BCUT2D eigenvalue weighted by Crippen LogP contribution is -2.22. The fraction of sp³-hybridized carbons (Fsp3) is 0.292. The average Bonchev–Trinajstić information content (AvgIpc) is 3.22. The van der Waals surface area contributed by atoms with Crippen LogP contribution in [0.1, 0.15) is 18.4 Å². The summed E-state index contributed by atoms with van der Waals surface area (Å²) in [6, 6.07) is 22.7. The van der Waals surface area contributed by atoms with Gasteiger partial charge in [-0.2, -0.15) is 0 Å². The van der Waals surface area contributed by atoms with Gasteiger partial charge in [-0.15, -0.1) is 0 Å². The molecular weight excluding hydrogens is 348 g/mol. The number of rotatable bonds is 6. The molecule has 3 aromatic rings. The molecule has 0 aromatic heterocycles. The van der Waals surface area contributed by atoms with Gasteiger partial charge in [-0.05, 0) is 53.4 Å². The number of hydrogen-bond acceptors (Lipinski definition) is 3. The Morgan fingerprint density at radius 3 is 2.64 bits per heavy atom. The Morgan fingerprint density at radius 2 is 1.86 bits per heavy atom. The Kier molecular flexibility index (Phi) is 5.58. The minimum atomic E-state index is 0.0429. The van der Waals surface area contributed by atoms with Gasteiger partial charge in [0.15, 0.2) is 0 Å². The van der Waals surface area contributed by atoms with Crippen molar-refractivity contribution in [2.24, 2.45) is 0 Å².